The molecule has 0 amide bonds. The summed E-state index contributed by atoms with van der Waals surface area (Å²) < 4.78 is 0. The molecule has 0 aliphatic rings. The number of H-pyrrole nitrogens is 1. The first-order valence-corrected chi connectivity index (χ1v) is 5.98. The molecule has 2 aromatic carbocycles. The molecular formula is C15H13N2O2+. The Bertz CT molecular complexity index is 793. The zero-order chi connectivity index (χ0) is 13.2. The first-order chi connectivity index (χ1) is 9.29. The summed E-state index contributed by atoms with van der Waals surface area (Å²) in [5.74, 6) is 0. The minimum absolute atomic E-state index is 0.276. The topological polar surface area (TPSA) is 69.7 Å². The fourth-order valence-corrected chi connectivity index (χ4v) is 2.23. The second-order valence-electron chi connectivity index (χ2n) is 4.33. The molecule has 3 rings (SSSR count). The predicted octanol–water partition coefficient (Wildman–Crippen LogP) is 1.78. The van der Waals surface area contributed by atoms with Gasteiger partial charge < -0.3 is 4.98 Å². The van der Waals surface area contributed by atoms with Gasteiger partial charge in [-0.3, -0.25) is 4.79 Å². The third-order valence-corrected chi connectivity index (χ3v) is 3.19. The van der Waals surface area contributed by atoms with Crippen molar-refractivity contribution in [3.05, 3.63) is 65.1 Å². The molecule has 1 aromatic heterocycles. The van der Waals surface area contributed by atoms with Crippen LogP contribution < -0.4 is 11.0 Å². The van der Waals surface area contributed by atoms with Gasteiger partial charge in [0.05, 0.1) is 5.56 Å². The van der Waals surface area contributed by atoms with Gasteiger partial charge in [0.1, 0.15) is 0 Å². The van der Waals surface area contributed by atoms with Crippen molar-refractivity contribution in [3.63, 3.8) is 0 Å². The zero-order valence-corrected chi connectivity index (χ0v) is 10.1. The number of pyridine rings is 1. The van der Waals surface area contributed by atoms with Crippen LogP contribution in [0.2, 0.25) is 0 Å². The van der Waals surface area contributed by atoms with Gasteiger partial charge in [0.2, 0.25) is 5.69 Å². The van der Waals surface area contributed by atoms with Crippen LogP contribution in [0.4, 0.5) is 5.69 Å². The second-order valence-corrected chi connectivity index (χ2v) is 4.33. The van der Waals surface area contributed by atoms with Crippen LogP contribution in [0.5, 0.6) is 0 Å². The van der Waals surface area contributed by atoms with Crippen molar-refractivity contribution >= 4 is 16.5 Å². The summed E-state index contributed by atoms with van der Waals surface area (Å²) in [6.07, 6.45) is 1.58. The van der Waals surface area contributed by atoms with Gasteiger partial charge in [-0.25, -0.2) is 5.21 Å². The quantitative estimate of drug-likeness (QED) is 0.609. The molecule has 0 fully saturated rings. The summed E-state index contributed by atoms with van der Waals surface area (Å²) in [5.41, 5.74) is 2.46. The van der Waals surface area contributed by atoms with Gasteiger partial charge in [-0.05, 0) is 28.5 Å². The summed E-state index contributed by atoms with van der Waals surface area (Å²) in [6.45, 7) is 0. The van der Waals surface area contributed by atoms with Gasteiger partial charge in [0.15, 0.2) is 0 Å². The van der Waals surface area contributed by atoms with Crippen molar-refractivity contribution in [1.29, 1.82) is 0 Å². The van der Waals surface area contributed by atoms with E-state index in [0.717, 1.165) is 27.4 Å². The smallest absolute Gasteiger partial charge is 0.312 e. The molecular weight excluding hydrogens is 240 g/mol. The minimum atomic E-state index is -0.298. The van der Waals surface area contributed by atoms with Crippen LogP contribution in [-0.2, 0) is 0 Å². The highest BCUT2D eigenvalue weighted by molar-refractivity contribution is 5.88. The van der Waals surface area contributed by atoms with Crippen LogP contribution in [0.15, 0.2) is 59.5 Å². The molecule has 0 aliphatic carbocycles. The van der Waals surface area contributed by atoms with E-state index in [4.69, 9.17) is 0 Å². The Labute approximate surface area is 109 Å². The number of nitrogens with two attached hydrogens (primary N) is 1. The highest BCUT2D eigenvalue weighted by Crippen LogP contribution is 2.26. The lowest BCUT2D eigenvalue weighted by Gasteiger charge is -2.05. The fraction of sp³-hybridized carbons (Fsp3) is 0. The van der Waals surface area contributed by atoms with E-state index in [1.165, 1.54) is 0 Å². The van der Waals surface area contributed by atoms with Crippen molar-refractivity contribution < 1.29 is 10.7 Å². The van der Waals surface area contributed by atoms with Gasteiger partial charge in [-0.15, -0.1) is 0 Å². The molecule has 0 bridgehead atoms. The standard InChI is InChI=1S/C15H12N2O2/c18-15-14(17-19)13(7-8-16-15)12-6-5-10-3-1-2-4-11(10)9-12/h1-9,17,19H,(H,16,18)/p+1. The van der Waals surface area contributed by atoms with Gasteiger partial charge >= 0.3 is 5.56 Å². The van der Waals surface area contributed by atoms with E-state index >= 15 is 0 Å². The summed E-state index contributed by atoms with van der Waals surface area (Å²) >= 11 is 0. The third-order valence-electron chi connectivity index (χ3n) is 3.19. The third kappa shape index (κ3) is 2.03. The lowest BCUT2D eigenvalue weighted by atomic mass is 10.0. The average molecular weight is 253 g/mol. The summed E-state index contributed by atoms with van der Waals surface area (Å²) in [7, 11) is 0. The van der Waals surface area contributed by atoms with Crippen molar-refractivity contribution in [2.75, 3.05) is 0 Å². The molecule has 1 heterocycles. The maximum atomic E-state index is 11.7. The molecule has 4 heteroatoms. The van der Waals surface area contributed by atoms with Crippen molar-refractivity contribution in [2.24, 2.45) is 0 Å². The van der Waals surface area contributed by atoms with Crippen molar-refractivity contribution in [3.8, 4) is 11.1 Å². The van der Waals surface area contributed by atoms with Gasteiger partial charge in [0, 0.05) is 6.20 Å². The Morgan fingerprint density at radius 3 is 2.58 bits per heavy atom. The fourth-order valence-electron chi connectivity index (χ4n) is 2.23. The normalized spacial score (nSPS) is 10.8. The Kier molecular flexibility index (Phi) is 2.87. The van der Waals surface area contributed by atoms with Gasteiger partial charge in [0.25, 0.3) is 0 Å². The zero-order valence-electron chi connectivity index (χ0n) is 10.1. The van der Waals surface area contributed by atoms with E-state index in [9.17, 15) is 10.0 Å². The van der Waals surface area contributed by atoms with E-state index in [1.54, 1.807) is 12.3 Å². The first-order valence-electron chi connectivity index (χ1n) is 5.98. The van der Waals surface area contributed by atoms with E-state index in [1.807, 2.05) is 42.5 Å². The predicted molar refractivity (Wildman–Crippen MR) is 73.4 cm³/mol. The minimum Gasteiger partial charge on any atom is -0.324 e. The van der Waals surface area contributed by atoms with E-state index in [-0.39, 0.29) is 11.2 Å². The first kappa shape index (κ1) is 11.6. The molecule has 94 valence electrons. The summed E-state index contributed by atoms with van der Waals surface area (Å²) in [6, 6.07) is 15.8. The maximum absolute atomic E-state index is 11.7. The highest BCUT2D eigenvalue weighted by Gasteiger charge is 2.12. The SMILES string of the molecule is O=c1[nH]ccc(-c2ccc3ccccc3c2)c1[NH2+]O. The lowest BCUT2D eigenvalue weighted by molar-refractivity contribution is -0.826. The molecule has 0 aliphatic heterocycles. The van der Waals surface area contributed by atoms with Crippen LogP contribution >= 0.6 is 0 Å². The molecule has 3 aromatic rings. The van der Waals surface area contributed by atoms with Gasteiger partial charge in [-0.1, -0.05) is 36.4 Å². The lowest BCUT2D eigenvalue weighted by Crippen LogP contribution is -2.76. The Morgan fingerprint density at radius 1 is 1.00 bits per heavy atom. The molecule has 19 heavy (non-hydrogen) atoms. The molecule has 0 saturated carbocycles. The second kappa shape index (κ2) is 4.68. The van der Waals surface area contributed by atoms with Crippen LogP contribution in [-0.4, -0.2) is 10.2 Å². The Hall–Kier alpha value is -2.43. The number of benzene rings is 2. The molecule has 0 atom stereocenters. The molecule has 4 N–H and O–H groups in total. The number of aromatic amines is 1. The Morgan fingerprint density at radius 2 is 1.79 bits per heavy atom. The average Bonchev–Trinajstić information content (AvgIpc) is 2.46. The number of rotatable bonds is 2. The van der Waals surface area contributed by atoms with Crippen molar-refractivity contribution in [2.45, 2.75) is 0 Å². The molecule has 0 saturated heterocycles. The number of quaternary nitrogens is 1. The molecule has 4 nitrogen and oxygen atoms in total. The van der Waals surface area contributed by atoms with Crippen LogP contribution in [0.1, 0.15) is 0 Å². The van der Waals surface area contributed by atoms with E-state index in [0.29, 0.717) is 0 Å². The highest BCUT2D eigenvalue weighted by atomic mass is 16.5. The van der Waals surface area contributed by atoms with E-state index < -0.39 is 0 Å². The summed E-state index contributed by atoms with van der Waals surface area (Å²) in [4.78, 5) is 14.2. The summed E-state index contributed by atoms with van der Waals surface area (Å²) in [5, 5.41) is 11.5. The van der Waals surface area contributed by atoms with E-state index in [2.05, 4.69) is 4.98 Å². The number of aromatic nitrogens is 1. The van der Waals surface area contributed by atoms with Crippen LogP contribution in [0, 0.1) is 0 Å². The Balaban J connectivity index is 2.25. The molecule has 0 unspecified atom stereocenters. The van der Waals surface area contributed by atoms with Crippen molar-refractivity contribution in [1.82, 2.24) is 4.98 Å². The van der Waals surface area contributed by atoms with Gasteiger partial charge in [-0.2, -0.15) is 5.48 Å². The number of fused-ring (bicyclic) bond motifs is 1. The maximum Gasteiger partial charge on any atom is 0.312 e. The number of hydrogen-bond donors (Lipinski definition) is 3. The monoisotopic (exact) mass is 253 g/mol. The van der Waals surface area contributed by atoms with Crippen LogP contribution in [0.3, 0.4) is 0 Å². The van der Waals surface area contributed by atoms with Crippen LogP contribution in [0.25, 0.3) is 21.9 Å². The number of hydrogen-bond acceptors (Lipinski definition) is 2. The number of nitrogens with one attached hydrogen (secondary N) is 1. The molecule has 0 radical (unpaired) electrons. The largest absolute Gasteiger partial charge is 0.324 e. The molecule has 0 spiro atoms.